The Morgan fingerprint density at radius 3 is 3.00 bits per heavy atom. The summed E-state index contributed by atoms with van der Waals surface area (Å²) in [5.74, 6) is 0.000278. The number of nitrogens with zero attached hydrogens (tertiary/aromatic N) is 1. The van der Waals surface area contributed by atoms with Crippen LogP contribution in [0.3, 0.4) is 0 Å². The number of aromatic nitrogens is 1. The van der Waals surface area contributed by atoms with Crippen molar-refractivity contribution in [3.8, 4) is 0 Å². The normalized spacial score (nSPS) is 10.1. The predicted octanol–water partition coefficient (Wildman–Crippen LogP) is 1.97. The lowest BCUT2D eigenvalue weighted by Gasteiger charge is -1.99. The third kappa shape index (κ3) is 4.17. The highest BCUT2D eigenvalue weighted by atomic mass is 79.9. The monoisotopic (exact) mass is 277 g/mol. The Kier molecular flexibility index (Phi) is 5.06. The first-order chi connectivity index (χ1) is 6.72. The zero-order chi connectivity index (χ0) is 10.4. The number of carbonyl (C=O) groups excluding carboxylic acids is 1. The second-order valence-electron chi connectivity index (χ2n) is 2.76. The van der Waals surface area contributed by atoms with Crippen molar-refractivity contribution in [3.63, 3.8) is 0 Å². The van der Waals surface area contributed by atoms with E-state index in [-0.39, 0.29) is 5.91 Å². The first-order valence-corrected chi connectivity index (χ1v) is 5.94. The van der Waals surface area contributed by atoms with Crippen LogP contribution in [0.15, 0.2) is 9.98 Å². The van der Waals surface area contributed by atoms with Crippen LogP contribution in [-0.2, 0) is 4.79 Å². The minimum absolute atomic E-state index is 0.000278. The lowest BCUT2D eigenvalue weighted by atomic mass is 10.2. The highest BCUT2D eigenvalue weighted by molar-refractivity contribution is 9.11. The van der Waals surface area contributed by atoms with Gasteiger partial charge >= 0.3 is 0 Å². The Bertz CT molecular complexity index is 303. The molecule has 1 heterocycles. The minimum Gasteiger partial charge on any atom is -0.330 e. The molecular formula is C8H12BrN3OS. The average molecular weight is 278 g/mol. The molecule has 3 N–H and O–H groups in total. The summed E-state index contributed by atoms with van der Waals surface area (Å²) in [6, 6.07) is 0. The molecule has 1 aromatic rings. The third-order valence-corrected chi connectivity index (χ3v) is 2.97. The average Bonchev–Trinajstić information content (AvgIpc) is 2.52. The standard InChI is InChI=1S/C8H12BrN3OS/c9-6-5-11-8(14-6)12-7(13)3-1-2-4-10/h5H,1-4,10H2,(H,11,12,13). The van der Waals surface area contributed by atoms with Gasteiger partial charge in [-0.15, -0.1) is 0 Å². The summed E-state index contributed by atoms with van der Waals surface area (Å²) >= 11 is 4.68. The Balaban J connectivity index is 2.27. The fourth-order valence-electron chi connectivity index (χ4n) is 0.924. The molecular weight excluding hydrogens is 266 g/mol. The maximum Gasteiger partial charge on any atom is 0.226 e. The molecule has 0 unspecified atom stereocenters. The van der Waals surface area contributed by atoms with E-state index in [1.54, 1.807) is 6.20 Å². The van der Waals surface area contributed by atoms with Gasteiger partial charge in [0.15, 0.2) is 5.13 Å². The van der Waals surface area contributed by atoms with E-state index in [0.29, 0.717) is 18.1 Å². The van der Waals surface area contributed by atoms with Crippen LogP contribution in [0, 0.1) is 0 Å². The van der Waals surface area contributed by atoms with Gasteiger partial charge in [-0.2, -0.15) is 0 Å². The molecule has 0 aliphatic carbocycles. The Morgan fingerprint density at radius 2 is 2.43 bits per heavy atom. The van der Waals surface area contributed by atoms with Crippen LogP contribution in [0.4, 0.5) is 5.13 Å². The largest absolute Gasteiger partial charge is 0.330 e. The van der Waals surface area contributed by atoms with Crippen molar-refractivity contribution in [2.24, 2.45) is 5.73 Å². The van der Waals surface area contributed by atoms with Crippen molar-refractivity contribution < 1.29 is 4.79 Å². The van der Waals surface area contributed by atoms with Crippen LogP contribution >= 0.6 is 27.3 Å². The van der Waals surface area contributed by atoms with Gasteiger partial charge in [-0.05, 0) is 35.3 Å². The molecule has 0 aliphatic heterocycles. The number of hydrogen-bond acceptors (Lipinski definition) is 4. The zero-order valence-electron chi connectivity index (χ0n) is 7.62. The number of nitrogens with two attached hydrogens (primary N) is 1. The van der Waals surface area contributed by atoms with Crippen LogP contribution in [0.5, 0.6) is 0 Å². The Labute approximate surface area is 95.0 Å². The molecule has 1 amide bonds. The van der Waals surface area contributed by atoms with Crippen LogP contribution in [0.2, 0.25) is 0 Å². The summed E-state index contributed by atoms with van der Waals surface area (Å²) in [4.78, 5) is 15.3. The smallest absolute Gasteiger partial charge is 0.226 e. The number of anilines is 1. The van der Waals surface area contributed by atoms with Gasteiger partial charge < -0.3 is 11.1 Å². The molecule has 78 valence electrons. The molecule has 0 fully saturated rings. The Morgan fingerprint density at radius 1 is 1.64 bits per heavy atom. The van der Waals surface area contributed by atoms with E-state index in [4.69, 9.17) is 5.73 Å². The van der Waals surface area contributed by atoms with Crippen LogP contribution in [0.1, 0.15) is 19.3 Å². The van der Waals surface area contributed by atoms with Gasteiger partial charge in [0.2, 0.25) is 5.91 Å². The summed E-state index contributed by atoms with van der Waals surface area (Å²) in [7, 11) is 0. The molecule has 1 rings (SSSR count). The van der Waals surface area contributed by atoms with E-state index in [2.05, 4.69) is 26.2 Å². The van der Waals surface area contributed by atoms with Crippen LogP contribution in [0.25, 0.3) is 0 Å². The first kappa shape index (κ1) is 11.6. The number of halogens is 1. The van der Waals surface area contributed by atoms with Crippen molar-refractivity contribution >= 4 is 38.3 Å². The van der Waals surface area contributed by atoms with E-state index < -0.39 is 0 Å². The lowest BCUT2D eigenvalue weighted by Crippen LogP contribution is -2.11. The predicted molar refractivity (Wildman–Crippen MR) is 61.3 cm³/mol. The van der Waals surface area contributed by atoms with Gasteiger partial charge in [0, 0.05) is 6.42 Å². The maximum atomic E-state index is 11.3. The summed E-state index contributed by atoms with van der Waals surface area (Å²) in [6.45, 7) is 0.635. The minimum atomic E-state index is 0.000278. The molecule has 0 spiro atoms. The number of thiazole rings is 1. The van der Waals surface area contributed by atoms with Crippen molar-refractivity contribution in [3.05, 3.63) is 9.98 Å². The SMILES string of the molecule is NCCCCC(=O)Nc1ncc(Br)s1. The second kappa shape index (κ2) is 6.10. The maximum absolute atomic E-state index is 11.3. The molecule has 0 aromatic carbocycles. The molecule has 0 atom stereocenters. The summed E-state index contributed by atoms with van der Waals surface area (Å²) in [6.07, 6.45) is 3.89. The van der Waals surface area contributed by atoms with E-state index in [9.17, 15) is 4.79 Å². The molecule has 0 saturated heterocycles. The zero-order valence-corrected chi connectivity index (χ0v) is 10.0. The number of amides is 1. The number of nitrogens with one attached hydrogen (secondary N) is 1. The van der Waals surface area contributed by atoms with E-state index in [1.807, 2.05) is 0 Å². The number of rotatable bonds is 5. The van der Waals surface area contributed by atoms with Gasteiger partial charge in [0.05, 0.1) is 9.98 Å². The van der Waals surface area contributed by atoms with Gasteiger partial charge in [-0.25, -0.2) is 4.98 Å². The van der Waals surface area contributed by atoms with Crippen LogP contribution in [-0.4, -0.2) is 17.4 Å². The van der Waals surface area contributed by atoms with Crippen LogP contribution < -0.4 is 11.1 Å². The molecule has 14 heavy (non-hydrogen) atoms. The van der Waals surface area contributed by atoms with Crippen molar-refractivity contribution in [1.29, 1.82) is 0 Å². The molecule has 6 heteroatoms. The topological polar surface area (TPSA) is 68.0 Å². The fourth-order valence-corrected chi connectivity index (χ4v) is 2.05. The summed E-state index contributed by atoms with van der Waals surface area (Å²) in [5, 5.41) is 3.35. The fraction of sp³-hybridized carbons (Fsp3) is 0.500. The van der Waals surface area contributed by atoms with E-state index in [1.165, 1.54) is 11.3 Å². The van der Waals surface area contributed by atoms with Gasteiger partial charge in [0.25, 0.3) is 0 Å². The molecule has 0 bridgehead atoms. The lowest BCUT2D eigenvalue weighted by molar-refractivity contribution is -0.116. The molecule has 0 radical (unpaired) electrons. The number of carbonyl (C=O) groups is 1. The van der Waals surface area contributed by atoms with Crippen molar-refractivity contribution in [2.75, 3.05) is 11.9 Å². The van der Waals surface area contributed by atoms with Crippen molar-refractivity contribution in [2.45, 2.75) is 19.3 Å². The first-order valence-electron chi connectivity index (χ1n) is 4.33. The highest BCUT2D eigenvalue weighted by Crippen LogP contribution is 2.23. The quantitative estimate of drug-likeness (QED) is 0.809. The highest BCUT2D eigenvalue weighted by Gasteiger charge is 2.04. The number of hydrogen-bond donors (Lipinski definition) is 2. The van der Waals surface area contributed by atoms with Gasteiger partial charge in [-0.1, -0.05) is 11.3 Å². The summed E-state index contributed by atoms with van der Waals surface area (Å²) in [5.41, 5.74) is 5.32. The van der Waals surface area contributed by atoms with E-state index >= 15 is 0 Å². The Hall–Kier alpha value is -0.460. The van der Waals surface area contributed by atoms with Crippen molar-refractivity contribution in [1.82, 2.24) is 4.98 Å². The number of unbranched alkanes of at least 4 members (excludes halogenated alkanes) is 1. The second-order valence-corrected chi connectivity index (χ2v) is 5.17. The van der Waals surface area contributed by atoms with Gasteiger partial charge in [-0.3, -0.25) is 4.79 Å². The summed E-state index contributed by atoms with van der Waals surface area (Å²) < 4.78 is 0.912. The molecule has 4 nitrogen and oxygen atoms in total. The third-order valence-electron chi connectivity index (χ3n) is 1.58. The van der Waals surface area contributed by atoms with Gasteiger partial charge in [0.1, 0.15) is 0 Å². The molecule has 0 saturated carbocycles. The molecule has 0 aliphatic rings. The van der Waals surface area contributed by atoms with E-state index in [0.717, 1.165) is 16.6 Å². The molecule has 1 aromatic heterocycles.